The topological polar surface area (TPSA) is 66.9 Å². The maximum Gasteiger partial charge on any atom is 0.219 e. The molecule has 1 saturated carbocycles. The van der Waals surface area contributed by atoms with Crippen LogP contribution in [0.3, 0.4) is 0 Å². The summed E-state index contributed by atoms with van der Waals surface area (Å²) in [4.78, 5) is 13.5. The third kappa shape index (κ3) is 2.59. The van der Waals surface area contributed by atoms with Gasteiger partial charge < -0.3 is 9.64 Å². The third-order valence-corrected chi connectivity index (χ3v) is 7.64. The number of sulfonamides is 1. The molecule has 2 atom stereocenters. The van der Waals surface area contributed by atoms with Crippen LogP contribution in [0, 0.1) is 11.3 Å². The second-order valence-electron chi connectivity index (χ2n) is 6.74. The van der Waals surface area contributed by atoms with Crippen molar-refractivity contribution in [2.45, 2.75) is 31.4 Å². The van der Waals surface area contributed by atoms with Crippen molar-refractivity contribution in [2.24, 2.45) is 11.3 Å². The first-order valence-corrected chi connectivity index (χ1v) is 9.13. The van der Waals surface area contributed by atoms with Crippen LogP contribution in [0.5, 0.6) is 0 Å². The summed E-state index contributed by atoms with van der Waals surface area (Å²) in [6.07, 6.45) is 2.37. The van der Waals surface area contributed by atoms with Crippen LogP contribution in [0.25, 0.3) is 0 Å². The Morgan fingerprint density at radius 3 is 2.62 bits per heavy atom. The molecule has 0 radical (unpaired) electrons. The van der Waals surface area contributed by atoms with Gasteiger partial charge in [0.25, 0.3) is 0 Å². The van der Waals surface area contributed by atoms with Crippen LogP contribution in [0.15, 0.2) is 0 Å². The molecule has 1 aliphatic carbocycles. The summed E-state index contributed by atoms with van der Waals surface area (Å²) in [5, 5.41) is -0.155. The van der Waals surface area contributed by atoms with Gasteiger partial charge in [-0.25, -0.2) is 12.7 Å². The Morgan fingerprint density at radius 2 is 2.05 bits per heavy atom. The van der Waals surface area contributed by atoms with Gasteiger partial charge in [0, 0.05) is 45.6 Å². The first-order chi connectivity index (χ1) is 9.89. The van der Waals surface area contributed by atoms with Crippen molar-refractivity contribution >= 4 is 15.9 Å². The molecule has 0 aromatic rings. The van der Waals surface area contributed by atoms with Crippen LogP contribution in [0.2, 0.25) is 0 Å². The Balaban J connectivity index is 1.79. The van der Waals surface area contributed by atoms with E-state index in [0.29, 0.717) is 32.8 Å². The van der Waals surface area contributed by atoms with Crippen LogP contribution in [0.1, 0.15) is 26.2 Å². The van der Waals surface area contributed by atoms with Crippen molar-refractivity contribution in [1.29, 1.82) is 0 Å². The van der Waals surface area contributed by atoms with E-state index in [1.807, 2.05) is 4.90 Å². The first-order valence-electron chi connectivity index (χ1n) is 7.62. The van der Waals surface area contributed by atoms with Gasteiger partial charge in [0.05, 0.1) is 11.9 Å². The number of amides is 1. The summed E-state index contributed by atoms with van der Waals surface area (Å²) < 4.78 is 31.9. The lowest BCUT2D eigenvalue weighted by molar-refractivity contribution is -0.128. The van der Waals surface area contributed by atoms with E-state index in [1.54, 1.807) is 18.3 Å². The predicted molar refractivity (Wildman–Crippen MR) is 78.2 cm³/mol. The summed E-state index contributed by atoms with van der Waals surface area (Å²) in [5.74, 6) is 0.250. The van der Waals surface area contributed by atoms with Crippen molar-refractivity contribution in [2.75, 3.05) is 39.9 Å². The molecule has 7 heteroatoms. The number of carbonyl (C=O) groups excluding carboxylic acids is 1. The largest absolute Gasteiger partial charge is 0.384 e. The summed E-state index contributed by atoms with van der Waals surface area (Å²) >= 11 is 0. The molecular weight excluding hydrogens is 292 g/mol. The smallest absolute Gasteiger partial charge is 0.219 e. The van der Waals surface area contributed by atoms with Crippen LogP contribution < -0.4 is 0 Å². The number of methoxy groups -OCH3 is 1. The molecule has 120 valence electrons. The molecule has 2 saturated heterocycles. The number of ether oxygens (including phenoxy) is 1. The molecular formula is C14H24N2O4S. The van der Waals surface area contributed by atoms with E-state index in [9.17, 15) is 13.2 Å². The quantitative estimate of drug-likeness (QED) is 0.748. The van der Waals surface area contributed by atoms with Gasteiger partial charge in [-0.15, -0.1) is 0 Å². The summed E-state index contributed by atoms with van der Waals surface area (Å²) in [6.45, 7) is 4.61. The molecule has 3 fully saturated rings. The number of hydrogen-bond acceptors (Lipinski definition) is 4. The zero-order valence-corrected chi connectivity index (χ0v) is 13.6. The number of nitrogens with zero attached hydrogens (tertiary/aromatic N) is 2. The standard InChI is InChI=1S/C14H24N2O4S/c1-11(17)15-7-12-8-16(21(18,19)13-3-4-13)6-5-14(12,9-15)10-20-2/h12-13H,3-10H2,1-2H3. The molecule has 3 aliphatic rings. The number of rotatable bonds is 4. The zero-order chi connectivity index (χ0) is 15.3. The second-order valence-corrected chi connectivity index (χ2v) is 8.96. The fraction of sp³-hybridized carbons (Fsp3) is 0.929. The summed E-state index contributed by atoms with van der Waals surface area (Å²) in [6, 6.07) is 0. The van der Waals surface area contributed by atoms with E-state index in [0.717, 1.165) is 19.3 Å². The molecule has 1 amide bonds. The molecule has 21 heavy (non-hydrogen) atoms. The molecule has 0 spiro atoms. The highest BCUT2D eigenvalue weighted by Gasteiger charge is 2.53. The maximum atomic E-state index is 12.4. The Morgan fingerprint density at radius 1 is 1.33 bits per heavy atom. The van der Waals surface area contributed by atoms with Gasteiger partial charge in [0.1, 0.15) is 0 Å². The van der Waals surface area contributed by atoms with Gasteiger partial charge in [0.15, 0.2) is 0 Å². The Bertz CT molecular complexity index is 531. The van der Waals surface area contributed by atoms with Crippen LogP contribution in [0.4, 0.5) is 0 Å². The number of carbonyl (C=O) groups is 1. The fourth-order valence-electron chi connectivity index (χ4n) is 3.82. The highest BCUT2D eigenvalue weighted by molar-refractivity contribution is 7.90. The molecule has 2 aliphatic heterocycles. The maximum absolute atomic E-state index is 12.4. The summed E-state index contributed by atoms with van der Waals surface area (Å²) in [7, 11) is -1.44. The monoisotopic (exact) mass is 316 g/mol. The minimum atomic E-state index is -3.12. The van der Waals surface area contributed by atoms with E-state index in [1.165, 1.54) is 0 Å². The highest BCUT2D eigenvalue weighted by Crippen LogP contribution is 2.45. The molecule has 0 N–H and O–H groups in total. The van der Waals surface area contributed by atoms with E-state index in [-0.39, 0.29) is 22.5 Å². The number of fused-ring (bicyclic) bond motifs is 1. The van der Waals surface area contributed by atoms with E-state index >= 15 is 0 Å². The van der Waals surface area contributed by atoms with Crippen molar-refractivity contribution in [1.82, 2.24) is 9.21 Å². The average molecular weight is 316 g/mol. The van der Waals surface area contributed by atoms with Crippen LogP contribution >= 0.6 is 0 Å². The van der Waals surface area contributed by atoms with Crippen molar-refractivity contribution in [3.05, 3.63) is 0 Å². The Kier molecular flexibility index (Phi) is 3.78. The van der Waals surface area contributed by atoms with Crippen LogP contribution in [-0.4, -0.2) is 68.7 Å². The fourth-order valence-corrected chi connectivity index (χ4v) is 5.71. The van der Waals surface area contributed by atoms with Crippen molar-refractivity contribution in [3.63, 3.8) is 0 Å². The van der Waals surface area contributed by atoms with Gasteiger partial charge in [-0.1, -0.05) is 0 Å². The molecule has 0 aromatic carbocycles. The first kappa shape index (κ1) is 15.2. The van der Waals surface area contributed by atoms with Crippen molar-refractivity contribution < 1.29 is 17.9 Å². The minimum Gasteiger partial charge on any atom is -0.384 e. The molecule has 3 rings (SSSR count). The molecule has 6 nitrogen and oxygen atoms in total. The van der Waals surface area contributed by atoms with E-state index in [2.05, 4.69) is 0 Å². The van der Waals surface area contributed by atoms with Crippen molar-refractivity contribution in [3.8, 4) is 0 Å². The molecule has 2 unspecified atom stereocenters. The molecule has 0 bridgehead atoms. The van der Waals surface area contributed by atoms with Gasteiger partial charge in [-0.3, -0.25) is 4.79 Å². The molecule has 2 heterocycles. The lowest BCUT2D eigenvalue weighted by Crippen LogP contribution is -2.51. The summed E-state index contributed by atoms with van der Waals surface area (Å²) in [5.41, 5.74) is -0.0734. The average Bonchev–Trinajstić information content (AvgIpc) is 3.20. The van der Waals surface area contributed by atoms with Gasteiger partial charge in [-0.05, 0) is 25.2 Å². The molecule has 0 aromatic heterocycles. The SMILES string of the molecule is COCC12CCN(S(=O)(=O)C3CC3)CC1CN(C(C)=O)C2. The van der Waals surface area contributed by atoms with Gasteiger partial charge >= 0.3 is 0 Å². The third-order valence-electron chi connectivity index (χ3n) is 5.28. The lowest BCUT2D eigenvalue weighted by atomic mass is 9.74. The number of piperidine rings is 1. The highest BCUT2D eigenvalue weighted by atomic mass is 32.2. The van der Waals surface area contributed by atoms with Gasteiger partial charge in [-0.2, -0.15) is 0 Å². The lowest BCUT2D eigenvalue weighted by Gasteiger charge is -2.42. The second kappa shape index (κ2) is 5.21. The van der Waals surface area contributed by atoms with E-state index in [4.69, 9.17) is 4.74 Å². The predicted octanol–water partition coefficient (Wildman–Crippen LogP) is 0.295. The number of likely N-dealkylation sites (tertiary alicyclic amines) is 1. The minimum absolute atomic E-state index is 0.0662. The number of hydrogen-bond donors (Lipinski definition) is 0. The van der Waals surface area contributed by atoms with E-state index < -0.39 is 10.0 Å². The Hall–Kier alpha value is -0.660. The zero-order valence-electron chi connectivity index (χ0n) is 12.7. The van der Waals surface area contributed by atoms with Crippen LogP contribution in [-0.2, 0) is 19.6 Å². The normalized spacial score (nSPS) is 34.0. The van der Waals surface area contributed by atoms with Gasteiger partial charge in [0.2, 0.25) is 15.9 Å². The Labute approximate surface area is 126 Å².